The Hall–Kier alpha value is -1.08. The first-order valence-corrected chi connectivity index (χ1v) is 4.51. The highest BCUT2D eigenvalue weighted by Crippen LogP contribution is 2.20. The Morgan fingerprint density at radius 1 is 1.85 bits per heavy atom. The Morgan fingerprint density at radius 2 is 2.54 bits per heavy atom. The molecule has 2 atom stereocenters. The highest BCUT2D eigenvalue weighted by Gasteiger charge is 2.31. The number of carbonyl (C=O) groups is 1. The summed E-state index contributed by atoms with van der Waals surface area (Å²) in [7, 11) is 0. The van der Waals surface area contributed by atoms with Crippen molar-refractivity contribution in [2.24, 2.45) is 0 Å². The average molecular weight is 182 g/mol. The molecule has 1 aliphatic heterocycles. The lowest BCUT2D eigenvalue weighted by molar-refractivity contribution is -0.132. The summed E-state index contributed by atoms with van der Waals surface area (Å²) >= 11 is 0. The maximum absolute atomic E-state index is 11.4. The van der Waals surface area contributed by atoms with Crippen molar-refractivity contribution in [1.29, 1.82) is 5.26 Å². The molecule has 0 aliphatic carbocycles. The van der Waals surface area contributed by atoms with Crippen LogP contribution in [0.1, 0.15) is 26.2 Å². The van der Waals surface area contributed by atoms with Gasteiger partial charge in [0, 0.05) is 6.54 Å². The third kappa shape index (κ3) is 2.19. The Kier molecular flexibility index (Phi) is 3.26. The second-order valence-corrected chi connectivity index (χ2v) is 3.37. The van der Waals surface area contributed by atoms with Crippen LogP contribution in [0.2, 0.25) is 0 Å². The molecule has 0 aromatic heterocycles. The third-order valence-corrected chi connectivity index (χ3v) is 2.41. The van der Waals surface area contributed by atoms with Crippen LogP contribution in [0.25, 0.3) is 0 Å². The van der Waals surface area contributed by atoms with Crippen LogP contribution in [0.4, 0.5) is 0 Å². The summed E-state index contributed by atoms with van der Waals surface area (Å²) in [6.07, 6.45) is 1.19. The number of amides is 1. The van der Waals surface area contributed by atoms with Gasteiger partial charge in [-0.25, -0.2) is 0 Å². The molecule has 1 fully saturated rings. The van der Waals surface area contributed by atoms with Gasteiger partial charge in [-0.15, -0.1) is 0 Å². The van der Waals surface area contributed by atoms with E-state index in [4.69, 9.17) is 5.26 Å². The van der Waals surface area contributed by atoms with Crippen molar-refractivity contribution in [2.75, 3.05) is 6.54 Å². The van der Waals surface area contributed by atoms with Gasteiger partial charge in [-0.05, 0) is 19.8 Å². The molecule has 4 nitrogen and oxygen atoms in total. The number of nitriles is 1. The van der Waals surface area contributed by atoms with Crippen molar-refractivity contribution >= 4 is 5.91 Å². The Balaban J connectivity index is 2.58. The molecule has 0 aromatic rings. The molecular formula is C9H14N2O2. The average Bonchev–Trinajstić information content (AvgIpc) is 2.52. The van der Waals surface area contributed by atoms with Gasteiger partial charge in [-0.1, -0.05) is 0 Å². The van der Waals surface area contributed by atoms with Gasteiger partial charge >= 0.3 is 0 Å². The van der Waals surface area contributed by atoms with E-state index in [0.29, 0.717) is 6.54 Å². The SMILES string of the molecule is C[C@@H](O)[C@H]1CCCN1C(=O)CC#N. The van der Waals surface area contributed by atoms with Gasteiger partial charge in [0.05, 0.1) is 18.2 Å². The summed E-state index contributed by atoms with van der Waals surface area (Å²) in [5.74, 6) is -0.161. The van der Waals surface area contributed by atoms with Gasteiger partial charge in [0.15, 0.2) is 0 Å². The molecule has 0 spiro atoms. The fourth-order valence-electron chi connectivity index (χ4n) is 1.77. The lowest BCUT2D eigenvalue weighted by atomic mass is 10.1. The minimum Gasteiger partial charge on any atom is -0.391 e. The molecule has 0 unspecified atom stereocenters. The molecule has 0 aromatic carbocycles. The van der Waals surface area contributed by atoms with Gasteiger partial charge in [-0.2, -0.15) is 5.26 Å². The van der Waals surface area contributed by atoms with Crippen LogP contribution in [0.3, 0.4) is 0 Å². The van der Waals surface area contributed by atoms with Crippen molar-refractivity contribution in [1.82, 2.24) is 4.90 Å². The fourth-order valence-corrected chi connectivity index (χ4v) is 1.77. The summed E-state index contributed by atoms with van der Waals surface area (Å²) in [5, 5.41) is 17.7. The van der Waals surface area contributed by atoms with Crippen molar-refractivity contribution in [3.8, 4) is 6.07 Å². The zero-order valence-electron chi connectivity index (χ0n) is 7.73. The van der Waals surface area contributed by atoms with Crippen molar-refractivity contribution in [2.45, 2.75) is 38.3 Å². The van der Waals surface area contributed by atoms with E-state index in [2.05, 4.69) is 0 Å². The third-order valence-electron chi connectivity index (χ3n) is 2.41. The summed E-state index contributed by atoms with van der Waals surface area (Å²) < 4.78 is 0. The zero-order valence-corrected chi connectivity index (χ0v) is 7.73. The van der Waals surface area contributed by atoms with Gasteiger partial charge in [0.25, 0.3) is 0 Å². The first kappa shape index (κ1) is 10.0. The molecule has 0 radical (unpaired) electrons. The molecule has 4 heteroatoms. The van der Waals surface area contributed by atoms with Crippen LogP contribution in [0, 0.1) is 11.3 Å². The molecule has 1 heterocycles. The molecule has 0 saturated carbocycles. The van der Waals surface area contributed by atoms with Gasteiger partial charge in [0.1, 0.15) is 6.42 Å². The van der Waals surface area contributed by atoms with E-state index in [-0.39, 0.29) is 18.4 Å². The predicted octanol–water partition coefficient (Wildman–Crippen LogP) is 0.272. The van der Waals surface area contributed by atoms with E-state index in [1.807, 2.05) is 6.07 Å². The summed E-state index contributed by atoms with van der Waals surface area (Å²) in [5.41, 5.74) is 0. The maximum atomic E-state index is 11.4. The molecule has 72 valence electrons. The van der Waals surface area contributed by atoms with E-state index >= 15 is 0 Å². The van der Waals surface area contributed by atoms with Crippen LogP contribution in [0.15, 0.2) is 0 Å². The number of nitrogens with zero attached hydrogens (tertiary/aromatic N) is 2. The maximum Gasteiger partial charge on any atom is 0.237 e. The number of carbonyl (C=O) groups excluding carboxylic acids is 1. The number of hydrogen-bond donors (Lipinski definition) is 1. The lowest BCUT2D eigenvalue weighted by Crippen LogP contribution is -2.41. The lowest BCUT2D eigenvalue weighted by Gasteiger charge is -2.25. The monoisotopic (exact) mass is 182 g/mol. The predicted molar refractivity (Wildman–Crippen MR) is 46.6 cm³/mol. The fraction of sp³-hybridized carbons (Fsp3) is 0.778. The summed E-state index contributed by atoms with van der Waals surface area (Å²) in [6, 6.07) is 1.75. The van der Waals surface area contributed by atoms with Gasteiger partial charge in [0.2, 0.25) is 5.91 Å². The quantitative estimate of drug-likeness (QED) is 0.666. The molecule has 1 N–H and O–H groups in total. The van der Waals surface area contributed by atoms with Crippen molar-refractivity contribution in [3.05, 3.63) is 0 Å². The molecular weight excluding hydrogens is 168 g/mol. The van der Waals surface area contributed by atoms with E-state index in [1.165, 1.54) is 0 Å². The molecule has 1 rings (SSSR count). The largest absolute Gasteiger partial charge is 0.391 e. The number of likely N-dealkylation sites (tertiary alicyclic amines) is 1. The molecule has 1 amide bonds. The van der Waals surface area contributed by atoms with Crippen molar-refractivity contribution in [3.63, 3.8) is 0 Å². The number of rotatable bonds is 2. The Bertz CT molecular complexity index is 232. The molecule has 0 bridgehead atoms. The zero-order chi connectivity index (χ0) is 9.84. The second-order valence-electron chi connectivity index (χ2n) is 3.37. The molecule has 13 heavy (non-hydrogen) atoms. The number of aliphatic hydroxyl groups is 1. The smallest absolute Gasteiger partial charge is 0.237 e. The van der Waals surface area contributed by atoms with Crippen LogP contribution in [0.5, 0.6) is 0 Å². The van der Waals surface area contributed by atoms with Crippen LogP contribution in [-0.4, -0.2) is 34.6 Å². The topological polar surface area (TPSA) is 64.3 Å². The second kappa shape index (κ2) is 4.24. The summed E-state index contributed by atoms with van der Waals surface area (Å²) in [6.45, 7) is 2.36. The Morgan fingerprint density at radius 3 is 3.08 bits per heavy atom. The first-order chi connectivity index (χ1) is 6.16. The number of aliphatic hydroxyl groups excluding tert-OH is 1. The van der Waals surface area contributed by atoms with Gasteiger partial charge in [-0.3, -0.25) is 4.79 Å². The van der Waals surface area contributed by atoms with Crippen LogP contribution >= 0.6 is 0 Å². The number of hydrogen-bond acceptors (Lipinski definition) is 3. The van der Waals surface area contributed by atoms with E-state index in [0.717, 1.165) is 12.8 Å². The first-order valence-electron chi connectivity index (χ1n) is 4.51. The Labute approximate surface area is 77.8 Å². The van der Waals surface area contributed by atoms with Crippen LogP contribution < -0.4 is 0 Å². The van der Waals surface area contributed by atoms with E-state index < -0.39 is 6.10 Å². The molecule has 1 aliphatic rings. The highest BCUT2D eigenvalue weighted by atomic mass is 16.3. The standard InChI is InChI=1S/C9H14N2O2/c1-7(12)8-3-2-6-11(8)9(13)4-5-10/h7-8,12H,2-4,6H2,1H3/t7-,8-/m1/s1. The normalized spacial score (nSPS) is 24.1. The minimum atomic E-state index is -0.495. The van der Waals surface area contributed by atoms with E-state index in [1.54, 1.807) is 11.8 Å². The van der Waals surface area contributed by atoms with Crippen molar-refractivity contribution < 1.29 is 9.90 Å². The molecule has 1 saturated heterocycles. The summed E-state index contributed by atoms with van der Waals surface area (Å²) in [4.78, 5) is 13.0. The van der Waals surface area contributed by atoms with Crippen LogP contribution in [-0.2, 0) is 4.79 Å². The van der Waals surface area contributed by atoms with E-state index in [9.17, 15) is 9.90 Å². The van der Waals surface area contributed by atoms with Gasteiger partial charge < -0.3 is 10.0 Å². The highest BCUT2D eigenvalue weighted by molar-refractivity contribution is 5.78. The minimum absolute atomic E-state index is 0.0801.